The van der Waals surface area contributed by atoms with Crippen molar-refractivity contribution < 1.29 is 23.8 Å². The third kappa shape index (κ3) is 5.08. The van der Waals surface area contributed by atoms with Crippen molar-refractivity contribution in [2.45, 2.75) is 12.1 Å². The Hall–Kier alpha value is -3.92. The highest BCUT2D eigenvalue weighted by molar-refractivity contribution is 7.80. The van der Waals surface area contributed by atoms with E-state index in [-0.39, 0.29) is 11.6 Å². The molecule has 2 aromatic carbocycles. The number of carboxylic acids is 1. The van der Waals surface area contributed by atoms with E-state index >= 15 is 0 Å². The van der Waals surface area contributed by atoms with Gasteiger partial charge in [0.15, 0.2) is 5.11 Å². The fraction of sp³-hybridized carbons (Fsp3) is 0.179. The van der Waals surface area contributed by atoms with Crippen LogP contribution in [0, 0.1) is 0 Å². The zero-order valence-corrected chi connectivity index (χ0v) is 21.9. The van der Waals surface area contributed by atoms with E-state index in [0.717, 1.165) is 11.4 Å². The first-order chi connectivity index (χ1) is 18.5. The van der Waals surface area contributed by atoms with Crippen LogP contribution in [0.15, 0.2) is 83.4 Å². The molecule has 10 heteroatoms. The Labute approximate surface area is 229 Å². The number of methoxy groups -OCH3 is 1. The lowest BCUT2D eigenvalue weighted by molar-refractivity contribution is 0.0697. The average molecular weight is 550 g/mol. The minimum absolute atomic E-state index is 0.155. The summed E-state index contributed by atoms with van der Waals surface area (Å²) in [6.07, 6.45) is 1.72. The number of carboxylic acid groups (broad SMARTS) is 1. The highest BCUT2D eigenvalue weighted by Gasteiger charge is 2.42. The van der Waals surface area contributed by atoms with Crippen LogP contribution in [0.2, 0.25) is 5.02 Å². The second-order valence-corrected chi connectivity index (χ2v) is 9.30. The van der Waals surface area contributed by atoms with Crippen molar-refractivity contribution in [1.29, 1.82) is 0 Å². The molecule has 3 heterocycles. The van der Waals surface area contributed by atoms with Gasteiger partial charge in [-0.2, -0.15) is 0 Å². The van der Waals surface area contributed by atoms with Crippen LogP contribution >= 0.6 is 23.8 Å². The predicted octanol–water partition coefficient (Wildman–Crippen LogP) is 5.90. The Balaban J connectivity index is 1.55. The predicted molar refractivity (Wildman–Crippen MR) is 148 cm³/mol. The third-order valence-electron chi connectivity index (χ3n) is 6.18. The molecule has 194 valence electrons. The summed E-state index contributed by atoms with van der Waals surface area (Å²) < 4.78 is 17.1. The van der Waals surface area contributed by atoms with E-state index in [1.54, 1.807) is 55.8 Å². The van der Waals surface area contributed by atoms with Crippen molar-refractivity contribution >= 4 is 40.6 Å². The van der Waals surface area contributed by atoms with Crippen LogP contribution in [-0.4, -0.2) is 41.5 Å². The molecule has 2 unspecified atom stereocenters. The molecule has 1 aliphatic heterocycles. The topological polar surface area (TPSA) is 97.1 Å². The quantitative estimate of drug-likeness (QED) is 0.195. The maximum absolute atomic E-state index is 11.8. The molecule has 2 N–H and O–H groups in total. The lowest BCUT2D eigenvalue weighted by Gasteiger charge is -2.26. The number of aromatic nitrogens is 1. The molecule has 1 fully saturated rings. The largest absolute Gasteiger partial charge is 0.490 e. The molecule has 0 bridgehead atoms. The summed E-state index contributed by atoms with van der Waals surface area (Å²) in [5, 5.41) is 13.9. The maximum Gasteiger partial charge on any atom is 0.336 e. The van der Waals surface area contributed by atoms with Crippen LogP contribution in [0.4, 0.5) is 5.69 Å². The summed E-state index contributed by atoms with van der Waals surface area (Å²) in [5.74, 6) is 0.529. The fourth-order valence-electron chi connectivity index (χ4n) is 4.45. The maximum atomic E-state index is 11.8. The van der Waals surface area contributed by atoms with Gasteiger partial charge in [0.2, 0.25) is 0 Å². The number of pyridine rings is 1. The van der Waals surface area contributed by atoms with Crippen molar-refractivity contribution in [1.82, 2.24) is 10.3 Å². The minimum atomic E-state index is -1.03. The monoisotopic (exact) mass is 549 g/mol. The number of thiocarbonyl (C=S) groups is 1. The van der Waals surface area contributed by atoms with Gasteiger partial charge in [-0.3, -0.25) is 4.98 Å². The molecule has 1 aliphatic rings. The molecule has 5 rings (SSSR count). The number of rotatable bonds is 9. The molecule has 8 nitrogen and oxygen atoms in total. The van der Waals surface area contributed by atoms with Gasteiger partial charge in [0.1, 0.15) is 29.9 Å². The molecule has 38 heavy (non-hydrogen) atoms. The zero-order valence-electron chi connectivity index (χ0n) is 20.3. The van der Waals surface area contributed by atoms with Gasteiger partial charge in [-0.15, -0.1) is 0 Å². The van der Waals surface area contributed by atoms with Crippen molar-refractivity contribution in [3.05, 3.63) is 101 Å². The first-order valence-corrected chi connectivity index (χ1v) is 12.6. The van der Waals surface area contributed by atoms with Gasteiger partial charge in [0, 0.05) is 24.6 Å². The number of anilines is 1. The number of nitrogens with one attached hydrogen (secondary N) is 1. The second-order valence-electron chi connectivity index (χ2n) is 8.51. The SMILES string of the molecule is COCCOc1ccc(N2C(=S)NC(c3ccccn3)C2c2ccc(-c3ccccc3C(=O)O)o2)cc1Cl. The van der Waals surface area contributed by atoms with Gasteiger partial charge in [-0.05, 0) is 60.7 Å². The van der Waals surface area contributed by atoms with E-state index in [0.29, 0.717) is 46.2 Å². The number of aromatic carboxylic acids is 1. The molecule has 4 aromatic rings. The third-order valence-corrected chi connectivity index (χ3v) is 6.79. The van der Waals surface area contributed by atoms with E-state index < -0.39 is 12.0 Å². The summed E-state index contributed by atoms with van der Waals surface area (Å²) in [5.41, 5.74) is 2.15. The van der Waals surface area contributed by atoms with Gasteiger partial charge in [-0.1, -0.05) is 35.9 Å². The van der Waals surface area contributed by atoms with Gasteiger partial charge in [-0.25, -0.2) is 4.79 Å². The summed E-state index contributed by atoms with van der Waals surface area (Å²) in [7, 11) is 1.61. The fourth-order valence-corrected chi connectivity index (χ4v) is 5.03. The van der Waals surface area contributed by atoms with Crippen LogP contribution in [0.5, 0.6) is 5.75 Å². The molecule has 0 aliphatic carbocycles. The lowest BCUT2D eigenvalue weighted by Crippen LogP contribution is -2.29. The van der Waals surface area contributed by atoms with Gasteiger partial charge >= 0.3 is 5.97 Å². The summed E-state index contributed by atoms with van der Waals surface area (Å²) in [6.45, 7) is 0.814. The number of hydrogen-bond donors (Lipinski definition) is 2. The number of carbonyl (C=O) groups is 1. The normalized spacial score (nSPS) is 16.9. The Bertz CT molecular complexity index is 1460. The van der Waals surface area contributed by atoms with Crippen molar-refractivity contribution in [3.63, 3.8) is 0 Å². The summed E-state index contributed by atoms with van der Waals surface area (Å²) in [6, 6.07) is 20.7. The van der Waals surface area contributed by atoms with Crippen LogP contribution < -0.4 is 15.0 Å². The van der Waals surface area contributed by atoms with Crippen molar-refractivity contribution in [3.8, 4) is 17.1 Å². The molecule has 0 radical (unpaired) electrons. The zero-order chi connectivity index (χ0) is 26.6. The number of furan rings is 1. The molecule has 0 spiro atoms. The van der Waals surface area contributed by atoms with Crippen molar-refractivity contribution in [2.24, 2.45) is 0 Å². The number of ether oxygens (including phenoxy) is 2. The average Bonchev–Trinajstić information content (AvgIpc) is 3.55. The van der Waals surface area contributed by atoms with E-state index in [9.17, 15) is 9.90 Å². The number of benzene rings is 2. The Morgan fingerprint density at radius 2 is 1.95 bits per heavy atom. The molecule has 0 saturated carbocycles. The highest BCUT2D eigenvalue weighted by Crippen LogP contribution is 2.44. The van der Waals surface area contributed by atoms with E-state index in [1.807, 2.05) is 35.2 Å². The highest BCUT2D eigenvalue weighted by atomic mass is 35.5. The second kappa shape index (κ2) is 11.2. The first-order valence-electron chi connectivity index (χ1n) is 11.8. The van der Waals surface area contributed by atoms with E-state index in [2.05, 4.69) is 10.3 Å². The van der Waals surface area contributed by atoms with E-state index in [1.165, 1.54) is 0 Å². The van der Waals surface area contributed by atoms with Gasteiger partial charge in [0.25, 0.3) is 0 Å². The van der Waals surface area contributed by atoms with Crippen LogP contribution in [-0.2, 0) is 4.74 Å². The molecular formula is C28H24ClN3O5S. The van der Waals surface area contributed by atoms with E-state index in [4.69, 9.17) is 37.7 Å². The van der Waals surface area contributed by atoms with Crippen LogP contribution in [0.1, 0.15) is 33.9 Å². The molecule has 2 aromatic heterocycles. The molecule has 2 atom stereocenters. The summed E-state index contributed by atoms with van der Waals surface area (Å²) >= 11 is 12.3. The Kier molecular flexibility index (Phi) is 7.59. The first kappa shape index (κ1) is 25.7. The number of hydrogen-bond acceptors (Lipinski definition) is 6. The standard InChI is InChI=1S/C28H24ClN3O5S/c1-35-14-15-36-23-10-9-17(16-20(23)29)32-26(25(31-28(32)38)21-8-4-5-13-30-21)24-12-11-22(37-24)18-6-2-3-7-19(18)27(33)34/h2-13,16,25-26H,14-15H2,1H3,(H,31,38)(H,33,34). The molecule has 1 saturated heterocycles. The lowest BCUT2D eigenvalue weighted by atomic mass is 10.0. The molecular weight excluding hydrogens is 526 g/mol. The van der Waals surface area contributed by atoms with Crippen LogP contribution in [0.3, 0.4) is 0 Å². The Morgan fingerprint density at radius 3 is 2.68 bits per heavy atom. The summed E-state index contributed by atoms with van der Waals surface area (Å²) in [4.78, 5) is 18.3. The number of nitrogens with zero attached hydrogens (tertiary/aromatic N) is 2. The number of halogens is 1. The smallest absolute Gasteiger partial charge is 0.336 e. The van der Waals surface area contributed by atoms with Gasteiger partial charge < -0.3 is 29.2 Å². The van der Waals surface area contributed by atoms with Crippen LogP contribution in [0.25, 0.3) is 11.3 Å². The molecule has 0 amide bonds. The minimum Gasteiger partial charge on any atom is -0.490 e. The van der Waals surface area contributed by atoms with Crippen molar-refractivity contribution in [2.75, 3.05) is 25.2 Å². The van der Waals surface area contributed by atoms with Gasteiger partial charge in [0.05, 0.1) is 28.9 Å². The Morgan fingerprint density at radius 1 is 1.13 bits per heavy atom.